The van der Waals surface area contributed by atoms with Gasteiger partial charge in [-0.05, 0) is 37.0 Å². The zero-order valence-electron chi connectivity index (χ0n) is 12.5. The molecule has 6 heteroatoms. The average Bonchev–Trinajstić information content (AvgIpc) is 2.75. The van der Waals surface area contributed by atoms with E-state index < -0.39 is 22.0 Å². The second kappa shape index (κ2) is 6.15. The third kappa shape index (κ3) is 3.63. The first-order chi connectivity index (χ1) is 9.83. The highest BCUT2D eigenvalue weighted by Gasteiger charge is 2.35. The first-order valence-electron chi connectivity index (χ1n) is 7.16. The summed E-state index contributed by atoms with van der Waals surface area (Å²) in [7, 11) is -3.70. The number of carbonyl (C=O) groups excluding carboxylic acids is 1. The van der Waals surface area contributed by atoms with E-state index in [1.54, 1.807) is 19.1 Å². The second-order valence-corrected chi connectivity index (χ2v) is 7.25. The molecule has 1 aliphatic rings. The smallest absolute Gasteiger partial charge is 0.324 e. The Morgan fingerprint density at radius 3 is 2.43 bits per heavy atom. The monoisotopic (exact) mass is 311 g/mol. The van der Waals surface area contributed by atoms with Crippen molar-refractivity contribution in [2.24, 2.45) is 0 Å². The second-order valence-electron chi connectivity index (χ2n) is 5.54. The molecule has 2 rings (SSSR count). The Labute approximate surface area is 125 Å². The molecule has 5 nitrogen and oxygen atoms in total. The molecule has 0 aliphatic carbocycles. The van der Waals surface area contributed by atoms with Crippen LogP contribution < -0.4 is 4.72 Å². The minimum absolute atomic E-state index is 0.168. The van der Waals surface area contributed by atoms with Gasteiger partial charge in [-0.1, -0.05) is 26.0 Å². The lowest BCUT2D eigenvalue weighted by Gasteiger charge is -2.12. The van der Waals surface area contributed by atoms with Crippen molar-refractivity contribution in [3.63, 3.8) is 0 Å². The van der Waals surface area contributed by atoms with Crippen molar-refractivity contribution in [2.45, 2.75) is 56.6 Å². The molecule has 1 heterocycles. The van der Waals surface area contributed by atoms with Gasteiger partial charge in [-0.2, -0.15) is 4.72 Å². The summed E-state index contributed by atoms with van der Waals surface area (Å²) in [5.74, 6) is -0.123. The maximum atomic E-state index is 12.3. The number of hydrogen-bond acceptors (Lipinski definition) is 4. The fourth-order valence-electron chi connectivity index (χ4n) is 2.32. The molecule has 0 saturated carbocycles. The van der Waals surface area contributed by atoms with E-state index in [0.717, 1.165) is 12.0 Å². The Hall–Kier alpha value is -1.40. The van der Waals surface area contributed by atoms with E-state index in [1.165, 1.54) is 0 Å². The van der Waals surface area contributed by atoms with Crippen LogP contribution in [0.5, 0.6) is 0 Å². The molecule has 0 amide bonds. The fraction of sp³-hybridized carbons (Fsp3) is 0.533. The Kier molecular flexibility index (Phi) is 4.68. The van der Waals surface area contributed by atoms with Crippen molar-refractivity contribution in [2.75, 3.05) is 0 Å². The van der Waals surface area contributed by atoms with Crippen LogP contribution in [0, 0.1) is 0 Å². The number of ether oxygens (including phenoxy) is 1. The average molecular weight is 311 g/mol. The summed E-state index contributed by atoms with van der Waals surface area (Å²) in [6, 6.07) is 6.00. The number of esters is 1. The van der Waals surface area contributed by atoms with Crippen LogP contribution in [0.3, 0.4) is 0 Å². The van der Waals surface area contributed by atoms with Crippen LogP contribution in [-0.2, 0) is 19.6 Å². The lowest BCUT2D eigenvalue weighted by molar-refractivity contribution is -0.142. The van der Waals surface area contributed by atoms with Gasteiger partial charge in [0.15, 0.2) is 0 Å². The summed E-state index contributed by atoms with van der Waals surface area (Å²) >= 11 is 0. The van der Waals surface area contributed by atoms with E-state index in [9.17, 15) is 13.2 Å². The maximum absolute atomic E-state index is 12.3. The Bertz CT molecular complexity index is 609. The van der Waals surface area contributed by atoms with Gasteiger partial charge in [0.25, 0.3) is 0 Å². The van der Waals surface area contributed by atoms with Gasteiger partial charge in [0, 0.05) is 6.42 Å². The SMILES string of the molecule is CC[C@H](C)c1ccc(S(=O)(=O)N[C@@H]2C[C@@H](C)OC2=O)cc1. The number of nitrogens with one attached hydrogen (secondary N) is 1. The Balaban J connectivity index is 2.14. The third-order valence-electron chi connectivity index (χ3n) is 3.84. The van der Waals surface area contributed by atoms with Crippen molar-refractivity contribution >= 4 is 16.0 Å². The van der Waals surface area contributed by atoms with Gasteiger partial charge in [0.05, 0.1) is 4.90 Å². The molecule has 1 fully saturated rings. The number of cyclic esters (lactones) is 1. The minimum atomic E-state index is -3.70. The molecular formula is C15H21NO4S. The van der Waals surface area contributed by atoms with Gasteiger partial charge in [0.1, 0.15) is 12.1 Å². The molecule has 1 aromatic carbocycles. The zero-order chi connectivity index (χ0) is 15.6. The minimum Gasteiger partial charge on any atom is -0.461 e. The van der Waals surface area contributed by atoms with Crippen molar-refractivity contribution in [1.29, 1.82) is 0 Å². The van der Waals surface area contributed by atoms with Crippen molar-refractivity contribution in [3.8, 4) is 0 Å². The number of rotatable bonds is 5. The van der Waals surface area contributed by atoms with Crippen molar-refractivity contribution < 1.29 is 17.9 Å². The van der Waals surface area contributed by atoms with Crippen molar-refractivity contribution in [1.82, 2.24) is 4.72 Å². The Morgan fingerprint density at radius 1 is 1.33 bits per heavy atom. The van der Waals surface area contributed by atoms with Crippen LogP contribution in [0.2, 0.25) is 0 Å². The summed E-state index contributed by atoms with van der Waals surface area (Å²) in [6.45, 7) is 5.93. The van der Waals surface area contributed by atoms with Crippen LogP contribution in [0.4, 0.5) is 0 Å². The van der Waals surface area contributed by atoms with Crippen LogP contribution >= 0.6 is 0 Å². The molecule has 21 heavy (non-hydrogen) atoms. The van der Waals surface area contributed by atoms with E-state index >= 15 is 0 Å². The normalized spacial score (nSPS) is 23.9. The van der Waals surface area contributed by atoms with Gasteiger partial charge >= 0.3 is 5.97 Å². The maximum Gasteiger partial charge on any atom is 0.324 e. The van der Waals surface area contributed by atoms with Gasteiger partial charge in [0.2, 0.25) is 10.0 Å². The molecule has 1 aliphatic heterocycles. The molecule has 1 N–H and O–H groups in total. The van der Waals surface area contributed by atoms with E-state index in [-0.39, 0.29) is 11.0 Å². The predicted molar refractivity (Wildman–Crippen MR) is 79.4 cm³/mol. The molecule has 0 unspecified atom stereocenters. The molecule has 0 bridgehead atoms. The largest absolute Gasteiger partial charge is 0.461 e. The summed E-state index contributed by atoms with van der Waals surface area (Å²) in [5, 5.41) is 0. The molecule has 1 aromatic rings. The summed E-state index contributed by atoms with van der Waals surface area (Å²) in [6.07, 6.45) is 1.11. The predicted octanol–water partition coefficient (Wildman–Crippen LogP) is 2.18. The van der Waals surface area contributed by atoms with E-state index in [2.05, 4.69) is 18.6 Å². The van der Waals surface area contributed by atoms with Crippen LogP contribution in [0.15, 0.2) is 29.2 Å². The number of carbonyl (C=O) groups is 1. The molecule has 1 saturated heterocycles. The molecule has 0 spiro atoms. The van der Waals surface area contributed by atoms with E-state index in [0.29, 0.717) is 12.3 Å². The van der Waals surface area contributed by atoms with Gasteiger partial charge in [-0.25, -0.2) is 8.42 Å². The zero-order valence-corrected chi connectivity index (χ0v) is 13.3. The lowest BCUT2D eigenvalue weighted by Crippen LogP contribution is -2.37. The first-order valence-corrected chi connectivity index (χ1v) is 8.64. The number of hydrogen-bond donors (Lipinski definition) is 1. The van der Waals surface area contributed by atoms with Gasteiger partial charge in [-0.3, -0.25) is 4.79 Å². The summed E-state index contributed by atoms with van der Waals surface area (Å²) < 4.78 is 31.9. The van der Waals surface area contributed by atoms with Crippen LogP contribution in [0.25, 0.3) is 0 Å². The highest BCUT2D eigenvalue weighted by molar-refractivity contribution is 7.89. The quantitative estimate of drug-likeness (QED) is 0.846. The summed E-state index contributed by atoms with van der Waals surface area (Å²) in [5.41, 5.74) is 1.10. The van der Waals surface area contributed by atoms with E-state index in [1.807, 2.05) is 12.1 Å². The highest BCUT2D eigenvalue weighted by atomic mass is 32.2. The standard InChI is InChI=1S/C15H21NO4S/c1-4-10(2)12-5-7-13(8-6-12)21(18,19)16-14-9-11(3)20-15(14)17/h5-8,10-11,14,16H,4,9H2,1-3H3/t10-,11+,14+/m0/s1. The Morgan fingerprint density at radius 2 is 1.95 bits per heavy atom. The molecular weight excluding hydrogens is 290 g/mol. The van der Waals surface area contributed by atoms with E-state index in [4.69, 9.17) is 4.74 Å². The molecule has 0 radical (unpaired) electrons. The fourth-order valence-corrected chi connectivity index (χ4v) is 3.52. The van der Waals surface area contributed by atoms with Crippen LogP contribution in [-0.4, -0.2) is 26.5 Å². The lowest BCUT2D eigenvalue weighted by atomic mass is 9.99. The third-order valence-corrected chi connectivity index (χ3v) is 5.33. The summed E-state index contributed by atoms with van der Waals surface area (Å²) in [4.78, 5) is 11.7. The van der Waals surface area contributed by atoms with Gasteiger partial charge < -0.3 is 4.74 Å². The topological polar surface area (TPSA) is 72.5 Å². The van der Waals surface area contributed by atoms with Gasteiger partial charge in [-0.15, -0.1) is 0 Å². The number of sulfonamides is 1. The van der Waals surface area contributed by atoms with Crippen LogP contribution in [0.1, 0.15) is 45.1 Å². The van der Waals surface area contributed by atoms with Crippen molar-refractivity contribution in [3.05, 3.63) is 29.8 Å². The number of benzene rings is 1. The highest BCUT2D eigenvalue weighted by Crippen LogP contribution is 2.21. The molecule has 116 valence electrons. The first kappa shape index (κ1) is 16.0. The molecule has 0 aromatic heterocycles. The molecule has 3 atom stereocenters.